The normalized spacial score (nSPS) is 23.1. The highest BCUT2D eigenvalue weighted by Gasteiger charge is 2.22. The number of hydrogen-bond donors (Lipinski definition) is 1. The van der Waals surface area contributed by atoms with Crippen molar-refractivity contribution in [2.45, 2.75) is 71.3 Å². The summed E-state index contributed by atoms with van der Waals surface area (Å²) in [5, 5.41) is 4.18. The van der Waals surface area contributed by atoms with Crippen LogP contribution in [0, 0.1) is 5.92 Å². The van der Waals surface area contributed by atoms with Crippen molar-refractivity contribution >= 4 is 17.4 Å². The van der Waals surface area contributed by atoms with Gasteiger partial charge in [-0.15, -0.1) is 0 Å². The fraction of sp³-hybridized carbons (Fsp3) is 0.750. The summed E-state index contributed by atoms with van der Waals surface area (Å²) in [5.74, 6) is 2.19. The molecule has 0 aliphatic heterocycles. The maximum Gasteiger partial charge on any atom is 0.138 e. The Hall–Kier alpha value is -0.830. The van der Waals surface area contributed by atoms with Crippen molar-refractivity contribution in [1.82, 2.24) is 9.97 Å². The summed E-state index contributed by atoms with van der Waals surface area (Å²) in [6.07, 6.45) is 9.39. The summed E-state index contributed by atoms with van der Waals surface area (Å²) >= 11 is 6.22. The van der Waals surface area contributed by atoms with Gasteiger partial charge >= 0.3 is 0 Å². The van der Waals surface area contributed by atoms with E-state index in [1.165, 1.54) is 38.5 Å². The van der Waals surface area contributed by atoms with Gasteiger partial charge in [0.15, 0.2) is 0 Å². The van der Waals surface area contributed by atoms with Crippen molar-refractivity contribution in [3.05, 3.63) is 17.0 Å². The lowest BCUT2D eigenvalue weighted by Crippen LogP contribution is -2.27. The molecular formula is C16H26ClN3. The molecule has 0 amide bonds. The van der Waals surface area contributed by atoms with Crippen LogP contribution in [0.5, 0.6) is 0 Å². The van der Waals surface area contributed by atoms with Crippen LogP contribution >= 0.6 is 11.6 Å². The number of hydrogen-bond acceptors (Lipinski definition) is 3. The quantitative estimate of drug-likeness (QED) is 0.775. The Morgan fingerprint density at radius 2 is 1.95 bits per heavy atom. The van der Waals surface area contributed by atoms with Gasteiger partial charge < -0.3 is 5.32 Å². The first-order valence-electron chi connectivity index (χ1n) is 7.88. The van der Waals surface area contributed by atoms with Crippen LogP contribution in [0.4, 0.5) is 5.82 Å². The van der Waals surface area contributed by atoms with E-state index >= 15 is 0 Å². The first kappa shape index (κ1) is 15.6. The van der Waals surface area contributed by atoms with Crippen LogP contribution in [0.2, 0.25) is 5.15 Å². The molecule has 1 aliphatic carbocycles. The maximum atomic E-state index is 6.22. The summed E-state index contributed by atoms with van der Waals surface area (Å²) in [6.45, 7) is 6.55. The second kappa shape index (κ2) is 7.26. The van der Waals surface area contributed by atoms with E-state index in [9.17, 15) is 0 Å². The predicted molar refractivity (Wildman–Crippen MR) is 85.4 cm³/mol. The van der Waals surface area contributed by atoms with Gasteiger partial charge in [-0.2, -0.15) is 0 Å². The molecule has 20 heavy (non-hydrogen) atoms. The van der Waals surface area contributed by atoms with Gasteiger partial charge in [0.25, 0.3) is 0 Å². The van der Waals surface area contributed by atoms with E-state index in [0.717, 1.165) is 17.3 Å². The van der Waals surface area contributed by atoms with Crippen LogP contribution in [0.1, 0.15) is 70.8 Å². The minimum atomic E-state index is 0.336. The molecule has 1 aliphatic rings. The van der Waals surface area contributed by atoms with Crippen molar-refractivity contribution < 1.29 is 0 Å². The standard InChI is InChI=1S/C16H26ClN3/c1-4-5-12-6-8-13(9-7-12)20-16-14(11(2)3)15(17)18-10-19-16/h10-13H,4-9H2,1-3H3,(H,18,19,20). The lowest BCUT2D eigenvalue weighted by molar-refractivity contribution is 0.318. The molecule has 112 valence electrons. The molecule has 1 N–H and O–H groups in total. The lowest BCUT2D eigenvalue weighted by atomic mass is 9.83. The van der Waals surface area contributed by atoms with Crippen LogP contribution in [0.15, 0.2) is 6.33 Å². The maximum absolute atomic E-state index is 6.22. The second-order valence-corrected chi connectivity index (χ2v) is 6.59. The molecule has 4 heteroatoms. The highest BCUT2D eigenvalue weighted by molar-refractivity contribution is 6.30. The van der Waals surface area contributed by atoms with Crippen LogP contribution in [-0.4, -0.2) is 16.0 Å². The lowest BCUT2D eigenvalue weighted by Gasteiger charge is -2.30. The van der Waals surface area contributed by atoms with Gasteiger partial charge in [-0.05, 0) is 37.5 Å². The zero-order valence-electron chi connectivity index (χ0n) is 12.8. The van der Waals surface area contributed by atoms with Gasteiger partial charge in [-0.1, -0.05) is 45.2 Å². The Balaban J connectivity index is 1.99. The minimum Gasteiger partial charge on any atom is -0.367 e. The summed E-state index contributed by atoms with van der Waals surface area (Å²) in [7, 11) is 0. The molecule has 0 bridgehead atoms. The monoisotopic (exact) mass is 295 g/mol. The van der Waals surface area contributed by atoms with Crippen LogP contribution in [0.25, 0.3) is 0 Å². The van der Waals surface area contributed by atoms with E-state index < -0.39 is 0 Å². The number of nitrogens with one attached hydrogen (secondary N) is 1. The van der Waals surface area contributed by atoms with Gasteiger partial charge in [-0.25, -0.2) is 9.97 Å². The topological polar surface area (TPSA) is 37.8 Å². The molecule has 0 aromatic carbocycles. The molecule has 1 heterocycles. The Morgan fingerprint density at radius 3 is 2.55 bits per heavy atom. The number of nitrogens with zero attached hydrogens (tertiary/aromatic N) is 2. The number of anilines is 1. The Bertz CT molecular complexity index is 426. The summed E-state index contributed by atoms with van der Waals surface area (Å²) in [6, 6.07) is 0.534. The zero-order valence-corrected chi connectivity index (χ0v) is 13.6. The highest BCUT2D eigenvalue weighted by atomic mass is 35.5. The minimum absolute atomic E-state index is 0.336. The molecule has 0 spiro atoms. The highest BCUT2D eigenvalue weighted by Crippen LogP contribution is 2.32. The van der Waals surface area contributed by atoms with Crippen LogP contribution < -0.4 is 5.32 Å². The third-order valence-corrected chi connectivity index (χ3v) is 4.60. The average Bonchev–Trinajstić information content (AvgIpc) is 2.41. The fourth-order valence-corrected chi connectivity index (χ4v) is 3.55. The average molecular weight is 296 g/mol. The Morgan fingerprint density at radius 1 is 1.25 bits per heavy atom. The van der Waals surface area contributed by atoms with E-state index in [0.29, 0.717) is 17.1 Å². The second-order valence-electron chi connectivity index (χ2n) is 6.23. The van der Waals surface area contributed by atoms with Gasteiger partial charge in [0.05, 0.1) is 0 Å². The van der Waals surface area contributed by atoms with E-state index in [2.05, 4.69) is 36.1 Å². The molecular weight excluding hydrogens is 270 g/mol. The molecule has 1 aromatic rings. The first-order chi connectivity index (χ1) is 9.61. The molecule has 1 saturated carbocycles. The molecule has 1 fully saturated rings. The number of aromatic nitrogens is 2. The molecule has 3 nitrogen and oxygen atoms in total. The van der Waals surface area contributed by atoms with Gasteiger partial charge in [-0.3, -0.25) is 0 Å². The summed E-state index contributed by atoms with van der Waals surface area (Å²) in [4.78, 5) is 8.51. The van der Waals surface area contributed by atoms with Crippen LogP contribution in [-0.2, 0) is 0 Å². The predicted octanol–water partition coefficient (Wildman–Crippen LogP) is 5.02. The van der Waals surface area contributed by atoms with Crippen LogP contribution in [0.3, 0.4) is 0 Å². The van der Waals surface area contributed by atoms with Gasteiger partial charge in [0.1, 0.15) is 17.3 Å². The molecule has 1 aromatic heterocycles. The molecule has 0 unspecified atom stereocenters. The van der Waals surface area contributed by atoms with Crippen molar-refractivity contribution in [2.75, 3.05) is 5.32 Å². The fourth-order valence-electron chi connectivity index (χ4n) is 3.20. The van der Waals surface area contributed by atoms with E-state index in [1.807, 2.05) is 0 Å². The van der Waals surface area contributed by atoms with Crippen molar-refractivity contribution in [3.63, 3.8) is 0 Å². The molecule has 2 rings (SSSR count). The van der Waals surface area contributed by atoms with Crippen molar-refractivity contribution in [3.8, 4) is 0 Å². The number of halogens is 1. The summed E-state index contributed by atoms with van der Waals surface area (Å²) < 4.78 is 0. The Kier molecular flexibility index (Phi) is 5.64. The van der Waals surface area contributed by atoms with E-state index in [4.69, 9.17) is 11.6 Å². The molecule has 0 atom stereocenters. The summed E-state index contributed by atoms with van der Waals surface area (Å²) in [5.41, 5.74) is 1.05. The van der Waals surface area contributed by atoms with Crippen molar-refractivity contribution in [1.29, 1.82) is 0 Å². The SMILES string of the molecule is CCCC1CCC(Nc2ncnc(Cl)c2C(C)C)CC1. The smallest absolute Gasteiger partial charge is 0.138 e. The number of rotatable bonds is 5. The van der Waals surface area contributed by atoms with Gasteiger partial charge in [0, 0.05) is 11.6 Å². The third-order valence-electron chi connectivity index (χ3n) is 4.30. The first-order valence-corrected chi connectivity index (χ1v) is 8.26. The Labute approximate surface area is 127 Å². The van der Waals surface area contributed by atoms with E-state index in [-0.39, 0.29) is 0 Å². The zero-order chi connectivity index (χ0) is 14.5. The van der Waals surface area contributed by atoms with Crippen molar-refractivity contribution in [2.24, 2.45) is 5.92 Å². The largest absolute Gasteiger partial charge is 0.367 e. The van der Waals surface area contributed by atoms with Gasteiger partial charge in [0.2, 0.25) is 0 Å². The van der Waals surface area contributed by atoms with E-state index in [1.54, 1.807) is 6.33 Å². The third kappa shape index (κ3) is 3.85. The molecule has 0 saturated heterocycles. The molecule has 0 radical (unpaired) electrons.